The number of hydrogen-bond acceptors (Lipinski definition) is 2. The van der Waals surface area contributed by atoms with Crippen molar-refractivity contribution >= 4 is 33.6 Å². The van der Waals surface area contributed by atoms with Gasteiger partial charge in [0.1, 0.15) is 11.3 Å². The van der Waals surface area contributed by atoms with Gasteiger partial charge in [-0.15, -0.1) is 0 Å². The van der Waals surface area contributed by atoms with E-state index in [2.05, 4.69) is 60.4 Å². The van der Waals surface area contributed by atoms with E-state index in [0.717, 1.165) is 31.0 Å². The van der Waals surface area contributed by atoms with Crippen LogP contribution in [0.2, 0.25) is 0 Å². The van der Waals surface area contributed by atoms with Gasteiger partial charge in [-0.1, -0.05) is 61.6 Å². The maximum absolute atomic E-state index is 5.76. The van der Waals surface area contributed by atoms with Crippen LogP contribution in [0.25, 0.3) is 11.0 Å². The Balaban J connectivity index is 0.000000492. The zero-order valence-corrected chi connectivity index (χ0v) is 13.6. The van der Waals surface area contributed by atoms with Crippen molar-refractivity contribution in [2.45, 2.75) is 27.3 Å². The predicted molar refractivity (Wildman–Crippen MR) is 87.4 cm³/mol. The Morgan fingerprint density at radius 1 is 1.11 bits per heavy atom. The molecule has 2 nitrogen and oxygen atoms in total. The van der Waals surface area contributed by atoms with Gasteiger partial charge < -0.3 is 4.42 Å². The van der Waals surface area contributed by atoms with Gasteiger partial charge in [0, 0.05) is 5.39 Å². The van der Waals surface area contributed by atoms with Crippen LogP contribution in [0.4, 0.5) is 0 Å². The minimum atomic E-state index is 0.904. The van der Waals surface area contributed by atoms with E-state index in [0.29, 0.717) is 0 Å². The zero-order chi connectivity index (χ0) is 13.4. The molecule has 0 fully saturated rings. The molecule has 0 saturated heterocycles. The van der Waals surface area contributed by atoms with Gasteiger partial charge in [0.25, 0.3) is 0 Å². The minimum Gasteiger partial charge on any atom is -0.460 e. The molecule has 2 aromatic rings. The van der Waals surface area contributed by atoms with E-state index >= 15 is 0 Å². The van der Waals surface area contributed by atoms with Gasteiger partial charge in [0.05, 0.1) is 6.54 Å². The summed E-state index contributed by atoms with van der Waals surface area (Å²) in [6.07, 6.45) is 0. The predicted octanol–water partition coefficient (Wildman–Crippen LogP) is 4.72. The van der Waals surface area contributed by atoms with Gasteiger partial charge in [-0.3, -0.25) is 4.90 Å². The van der Waals surface area contributed by atoms with Crippen molar-refractivity contribution < 1.29 is 4.42 Å². The number of hydrogen-bond donors (Lipinski definition) is 0. The molecule has 0 atom stereocenters. The summed E-state index contributed by atoms with van der Waals surface area (Å²) in [5.74, 6) is 1.06. The summed E-state index contributed by atoms with van der Waals surface area (Å²) < 4.78 is 6.98. The van der Waals surface area contributed by atoms with Crippen LogP contribution in [0.1, 0.15) is 26.5 Å². The van der Waals surface area contributed by atoms with Crippen LogP contribution in [-0.4, -0.2) is 22.4 Å². The molecule has 100 valence electrons. The largest absolute Gasteiger partial charge is 0.460 e. The van der Waals surface area contributed by atoms with Gasteiger partial charge in [0.2, 0.25) is 0 Å². The van der Waals surface area contributed by atoms with Crippen molar-refractivity contribution in [2.24, 2.45) is 0 Å². The van der Waals surface area contributed by atoms with Crippen molar-refractivity contribution in [2.75, 3.05) is 17.5 Å². The lowest BCUT2D eigenvalue weighted by Crippen LogP contribution is -2.21. The number of alkyl halides is 1. The summed E-state index contributed by atoms with van der Waals surface area (Å²) in [4.78, 5) is 2.34. The standard InChI is InChI=1S/C13H17NO.C2H5I/c1-3-14(4-2)10-12-9-11-7-5-6-8-13(11)15-12;1-2-3/h5-9H,3-4,10H2,1-2H3;2H2,1H3. The number of furan rings is 1. The summed E-state index contributed by atoms with van der Waals surface area (Å²) >= 11 is 2.29. The Morgan fingerprint density at radius 2 is 1.72 bits per heavy atom. The van der Waals surface area contributed by atoms with Crippen LogP contribution in [0.15, 0.2) is 34.7 Å². The molecule has 0 amide bonds. The third kappa shape index (κ3) is 4.61. The van der Waals surface area contributed by atoms with E-state index in [1.165, 1.54) is 9.81 Å². The molecule has 0 aliphatic carbocycles. The Hall–Kier alpha value is -0.550. The number of para-hydroxylation sites is 1. The maximum atomic E-state index is 5.76. The third-order valence-corrected chi connectivity index (χ3v) is 2.75. The topological polar surface area (TPSA) is 16.4 Å². The summed E-state index contributed by atoms with van der Waals surface area (Å²) in [7, 11) is 0. The molecule has 0 radical (unpaired) electrons. The Bertz CT molecular complexity index is 415. The van der Waals surface area contributed by atoms with E-state index in [1.807, 2.05) is 18.2 Å². The molecule has 0 unspecified atom stereocenters. The number of nitrogens with zero attached hydrogens (tertiary/aromatic N) is 1. The minimum absolute atomic E-state index is 0.904. The highest BCUT2D eigenvalue weighted by molar-refractivity contribution is 14.1. The van der Waals surface area contributed by atoms with Crippen LogP contribution < -0.4 is 0 Å². The average Bonchev–Trinajstić information content (AvgIpc) is 2.79. The first-order valence-electron chi connectivity index (χ1n) is 6.50. The van der Waals surface area contributed by atoms with Crippen LogP contribution in [0.5, 0.6) is 0 Å². The first-order chi connectivity index (χ1) is 8.74. The molecule has 18 heavy (non-hydrogen) atoms. The fourth-order valence-electron chi connectivity index (χ4n) is 1.78. The lowest BCUT2D eigenvalue weighted by molar-refractivity contribution is 0.272. The lowest BCUT2D eigenvalue weighted by atomic mass is 10.2. The Kier molecular flexibility index (Phi) is 7.35. The Morgan fingerprint density at radius 3 is 2.28 bits per heavy atom. The highest BCUT2D eigenvalue weighted by atomic mass is 127. The second kappa shape index (κ2) is 8.53. The molecule has 0 saturated carbocycles. The smallest absolute Gasteiger partial charge is 0.134 e. The third-order valence-electron chi connectivity index (χ3n) is 2.75. The molecule has 1 heterocycles. The normalized spacial score (nSPS) is 10.5. The van der Waals surface area contributed by atoms with Gasteiger partial charge in [-0.05, 0) is 29.6 Å². The van der Waals surface area contributed by atoms with Crippen molar-refractivity contribution in [3.8, 4) is 0 Å². The molecule has 0 aliphatic heterocycles. The Labute approximate surface area is 123 Å². The number of benzene rings is 1. The van der Waals surface area contributed by atoms with Crippen molar-refractivity contribution in [3.05, 3.63) is 36.1 Å². The molecule has 1 aromatic heterocycles. The fraction of sp³-hybridized carbons (Fsp3) is 0.467. The summed E-state index contributed by atoms with van der Waals surface area (Å²) in [6.45, 7) is 9.49. The highest BCUT2D eigenvalue weighted by Crippen LogP contribution is 2.19. The second-order valence-corrected chi connectivity index (χ2v) is 5.50. The zero-order valence-electron chi connectivity index (χ0n) is 11.4. The molecule has 3 heteroatoms. The van der Waals surface area contributed by atoms with E-state index in [9.17, 15) is 0 Å². The van der Waals surface area contributed by atoms with Gasteiger partial charge in [0.15, 0.2) is 0 Å². The molecule has 0 bridgehead atoms. The second-order valence-electron chi connectivity index (χ2n) is 3.98. The summed E-state index contributed by atoms with van der Waals surface area (Å²) in [5, 5.41) is 1.19. The molecular weight excluding hydrogens is 337 g/mol. The first-order valence-corrected chi connectivity index (χ1v) is 8.03. The van der Waals surface area contributed by atoms with Crippen molar-refractivity contribution in [1.82, 2.24) is 4.90 Å². The van der Waals surface area contributed by atoms with E-state index in [4.69, 9.17) is 4.42 Å². The van der Waals surface area contributed by atoms with Crippen LogP contribution >= 0.6 is 22.6 Å². The van der Waals surface area contributed by atoms with E-state index in [-0.39, 0.29) is 0 Å². The van der Waals surface area contributed by atoms with Gasteiger partial charge in [-0.2, -0.15) is 0 Å². The fourth-order valence-corrected chi connectivity index (χ4v) is 1.78. The molecule has 2 rings (SSSR count). The number of rotatable bonds is 4. The monoisotopic (exact) mass is 359 g/mol. The summed E-state index contributed by atoms with van der Waals surface area (Å²) in [5.41, 5.74) is 0.986. The highest BCUT2D eigenvalue weighted by Gasteiger charge is 2.06. The van der Waals surface area contributed by atoms with Crippen molar-refractivity contribution in [3.63, 3.8) is 0 Å². The molecule has 1 aromatic carbocycles. The number of halogens is 1. The first kappa shape index (κ1) is 15.5. The summed E-state index contributed by atoms with van der Waals surface area (Å²) in [6, 6.07) is 10.3. The van der Waals surface area contributed by atoms with E-state index < -0.39 is 0 Å². The van der Waals surface area contributed by atoms with Crippen molar-refractivity contribution in [1.29, 1.82) is 0 Å². The SMILES string of the molecule is CCI.CCN(CC)Cc1cc2ccccc2o1. The van der Waals surface area contributed by atoms with Gasteiger partial charge >= 0.3 is 0 Å². The van der Waals surface area contributed by atoms with E-state index in [1.54, 1.807) is 0 Å². The van der Waals surface area contributed by atoms with Crippen LogP contribution in [0.3, 0.4) is 0 Å². The number of fused-ring (bicyclic) bond motifs is 1. The average molecular weight is 359 g/mol. The van der Waals surface area contributed by atoms with Gasteiger partial charge in [-0.25, -0.2) is 0 Å². The maximum Gasteiger partial charge on any atom is 0.134 e. The molecule has 0 N–H and O–H groups in total. The molecule has 0 aliphatic rings. The molecule has 0 spiro atoms. The van der Waals surface area contributed by atoms with Crippen LogP contribution in [-0.2, 0) is 6.54 Å². The quantitative estimate of drug-likeness (QED) is 0.580. The molecular formula is C15H22INO. The lowest BCUT2D eigenvalue weighted by Gasteiger charge is -2.15. The van der Waals surface area contributed by atoms with Crippen LogP contribution in [0, 0.1) is 0 Å².